The van der Waals surface area contributed by atoms with Crippen LogP contribution in [0.5, 0.6) is 0 Å². The van der Waals surface area contributed by atoms with Gasteiger partial charge in [0.05, 0.1) is 0 Å². The molecule has 4 unspecified atom stereocenters. The van der Waals surface area contributed by atoms with Gasteiger partial charge in [0.1, 0.15) is 0 Å². The number of allylic oxidation sites excluding steroid dienone is 4. The van der Waals surface area contributed by atoms with Crippen molar-refractivity contribution < 1.29 is 0 Å². The Bertz CT molecular complexity index is 347. The first kappa shape index (κ1) is 11.7. The molecule has 0 heteroatoms. The summed E-state index contributed by atoms with van der Waals surface area (Å²) < 4.78 is 0. The lowest BCUT2D eigenvalue weighted by Crippen LogP contribution is -2.45. The van der Waals surface area contributed by atoms with Crippen molar-refractivity contribution in [2.75, 3.05) is 0 Å². The molecule has 2 aliphatic carbocycles. The van der Waals surface area contributed by atoms with Crippen LogP contribution < -0.4 is 0 Å². The summed E-state index contributed by atoms with van der Waals surface area (Å²) in [5.41, 5.74) is 3.41. The summed E-state index contributed by atoms with van der Waals surface area (Å²) in [6.07, 6.45) is 8.25. The smallest absolute Gasteiger partial charge is 0.00159 e. The molecule has 0 saturated heterocycles. The normalized spacial score (nSPS) is 43.1. The maximum absolute atomic E-state index is 4.05. The van der Waals surface area contributed by atoms with Crippen LogP contribution in [0.3, 0.4) is 0 Å². The highest BCUT2D eigenvalue weighted by Crippen LogP contribution is 2.60. The van der Waals surface area contributed by atoms with E-state index in [1.165, 1.54) is 30.4 Å². The number of hydrogen-bond acceptors (Lipinski definition) is 0. The molecule has 4 atom stereocenters. The second-order valence-corrected chi connectivity index (χ2v) is 5.84. The van der Waals surface area contributed by atoms with Gasteiger partial charge in [-0.2, -0.15) is 0 Å². The zero-order chi connectivity index (χ0) is 11.9. The first-order chi connectivity index (χ1) is 7.56. The van der Waals surface area contributed by atoms with Crippen molar-refractivity contribution in [1.82, 2.24) is 0 Å². The predicted octanol–water partition coefficient (Wildman–Crippen LogP) is 4.75. The summed E-state index contributed by atoms with van der Waals surface area (Å²) in [5.74, 6) is 2.24. The quantitative estimate of drug-likeness (QED) is 0.625. The molecular weight excluding hydrogens is 192 g/mol. The van der Waals surface area contributed by atoms with Crippen molar-refractivity contribution in [1.29, 1.82) is 0 Å². The summed E-state index contributed by atoms with van der Waals surface area (Å²) in [7, 11) is 0. The van der Waals surface area contributed by atoms with Crippen molar-refractivity contribution in [3.8, 4) is 0 Å². The van der Waals surface area contributed by atoms with Crippen LogP contribution in [-0.2, 0) is 0 Å². The molecule has 2 aliphatic rings. The second kappa shape index (κ2) is 3.91. The first-order valence-corrected chi connectivity index (χ1v) is 6.56. The van der Waals surface area contributed by atoms with Crippen molar-refractivity contribution in [3.63, 3.8) is 0 Å². The largest absolute Gasteiger partial charge is 0.0988 e. The maximum Gasteiger partial charge on any atom is -0.00159 e. The van der Waals surface area contributed by atoms with E-state index in [2.05, 4.69) is 46.1 Å². The zero-order valence-corrected chi connectivity index (χ0v) is 10.9. The molecule has 88 valence electrons. The van der Waals surface area contributed by atoms with E-state index in [1.54, 1.807) is 0 Å². The third-order valence-corrected chi connectivity index (χ3v) is 5.27. The van der Waals surface area contributed by atoms with E-state index in [9.17, 15) is 0 Å². The zero-order valence-electron chi connectivity index (χ0n) is 10.9. The fourth-order valence-corrected chi connectivity index (χ4v) is 3.80. The van der Waals surface area contributed by atoms with Crippen LogP contribution in [0.25, 0.3) is 0 Å². The molecule has 0 aromatic rings. The molecule has 1 saturated carbocycles. The summed E-state index contributed by atoms with van der Waals surface area (Å²) >= 11 is 0. The third kappa shape index (κ3) is 1.35. The summed E-state index contributed by atoms with van der Waals surface area (Å²) in [4.78, 5) is 0. The van der Waals surface area contributed by atoms with E-state index in [4.69, 9.17) is 0 Å². The van der Waals surface area contributed by atoms with Gasteiger partial charge in [0.25, 0.3) is 0 Å². The Morgan fingerprint density at radius 3 is 2.25 bits per heavy atom. The Labute approximate surface area is 100 Å². The van der Waals surface area contributed by atoms with E-state index < -0.39 is 0 Å². The fourth-order valence-electron chi connectivity index (χ4n) is 3.80. The lowest BCUT2D eigenvalue weighted by molar-refractivity contribution is 0.0423. The monoisotopic (exact) mass is 216 g/mol. The fraction of sp³-hybridized carbons (Fsp3) is 0.625. The first-order valence-electron chi connectivity index (χ1n) is 6.56. The van der Waals surface area contributed by atoms with Gasteiger partial charge in [0.2, 0.25) is 0 Å². The van der Waals surface area contributed by atoms with Crippen LogP contribution >= 0.6 is 0 Å². The molecule has 1 fully saturated rings. The Morgan fingerprint density at radius 2 is 1.88 bits per heavy atom. The van der Waals surface area contributed by atoms with Crippen LogP contribution in [0.1, 0.15) is 40.0 Å². The highest BCUT2D eigenvalue weighted by Gasteiger charge is 2.50. The Kier molecular flexibility index (Phi) is 2.86. The molecule has 0 nitrogen and oxygen atoms in total. The molecule has 0 heterocycles. The standard InChI is InChI=1S/C16H24/c1-6-14-13(5)11(3)10-16(15(14)7-2)9-8-12(16)4/h6-7,11-13H,1-2,8-10H2,3-5H3. The molecule has 0 aliphatic heterocycles. The van der Waals surface area contributed by atoms with Gasteiger partial charge < -0.3 is 0 Å². The average Bonchev–Trinajstić information content (AvgIpc) is 2.29. The highest BCUT2D eigenvalue weighted by atomic mass is 14.5. The van der Waals surface area contributed by atoms with Gasteiger partial charge in [0.15, 0.2) is 0 Å². The molecule has 0 aromatic heterocycles. The van der Waals surface area contributed by atoms with Crippen LogP contribution in [0.2, 0.25) is 0 Å². The van der Waals surface area contributed by atoms with Crippen molar-refractivity contribution in [3.05, 3.63) is 36.5 Å². The summed E-state index contributed by atoms with van der Waals surface area (Å²) in [6, 6.07) is 0. The summed E-state index contributed by atoms with van der Waals surface area (Å²) in [6.45, 7) is 15.2. The van der Waals surface area contributed by atoms with Gasteiger partial charge >= 0.3 is 0 Å². The van der Waals surface area contributed by atoms with Crippen LogP contribution in [0, 0.1) is 23.2 Å². The molecule has 0 aromatic carbocycles. The molecule has 2 rings (SSSR count). The minimum atomic E-state index is 0.442. The molecular formula is C16H24. The SMILES string of the molecule is C=CC1=C(C=C)C2(CCC2C)CC(C)C1C. The Morgan fingerprint density at radius 1 is 1.19 bits per heavy atom. The Hall–Kier alpha value is -0.780. The Balaban J connectivity index is 2.51. The van der Waals surface area contributed by atoms with Gasteiger partial charge in [-0.3, -0.25) is 0 Å². The number of rotatable bonds is 2. The average molecular weight is 216 g/mol. The molecule has 0 radical (unpaired) electrons. The minimum Gasteiger partial charge on any atom is -0.0988 e. The van der Waals surface area contributed by atoms with E-state index in [-0.39, 0.29) is 0 Å². The van der Waals surface area contributed by atoms with E-state index >= 15 is 0 Å². The third-order valence-electron chi connectivity index (χ3n) is 5.27. The summed E-state index contributed by atoms with van der Waals surface area (Å²) in [5, 5.41) is 0. The van der Waals surface area contributed by atoms with Gasteiger partial charge in [-0.15, -0.1) is 0 Å². The predicted molar refractivity (Wildman–Crippen MR) is 71.2 cm³/mol. The van der Waals surface area contributed by atoms with Crippen LogP contribution in [-0.4, -0.2) is 0 Å². The molecule has 16 heavy (non-hydrogen) atoms. The highest BCUT2D eigenvalue weighted by molar-refractivity contribution is 5.42. The van der Waals surface area contributed by atoms with Gasteiger partial charge in [-0.1, -0.05) is 46.1 Å². The van der Waals surface area contributed by atoms with Crippen molar-refractivity contribution in [2.24, 2.45) is 23.2 Å². The van der Waals surface area contributed by atoms with Crippen molar-refractivity contribution >= 4 is 0 Å². The van der Waals surface area contributed by atoms with Gasteiger partial charge in [-0.05, 0) is 53.6 Å². The van der Waals surface area contributed by atoms with E-state index in [0.717, 1.165) is 11.8 Å². The molecule has 1 spiro atoms. The second-order valence-electron chi connectivity index (χ2n) is 5.84. The lowest BCUT2D eigenvalue weighted by atomic mass is 9.49. The van der Waals surface area contributed by atoms with E-state index in [0.29, 0.717) is 11.3 Å². The van der Waals surface area contributed by atoms with Crippen molar-refractivity contribution in [2.45, 2.75) is 40.0 Å². The number of hydrogen-bond donors (Lipinski definition) is 0. The molecule has 0 bridgehead atoms. The van der Waals surface area contributed by atoms with Gasteiger partial charge in [0, 0.05) is 0 Å². The lowest BCUT2D eigenvalue weighted by Gasteiger charge is -2.55. The molecule has 0 N–H and O–H groups in total. The maximum atomic E-state index is 4.05. The topological polar surface area (TPSA) is 0 Å². The minimum absolute atomic E-state index is 0.442. The molecule has 0 amide bonds. The van der Waals surface area contributed by atoms with Crippen LogP contribution in [0.4, 0.5) is 0 Å². The van der Waals surface area contributed by atoms with E-state index in [1.807, 2.05) is 0 Å². The van der Waals surface area contributed by atoms with Crippen LogP contribution in [0.15, 0.2) is 36.5 Å². The van der Waals surface area contributed by atoms with Gasteiger partial charge in [-0.25, -0.2) is 0 Å².